The Labute approximate surface area is 144 Å². The van der Waals surface area contributed by atoms with Crippen LogP contribution in [-0.4, -0.2) is 32.9 Å². The van der Waals surface area contributed by atoms with Gasteiger partial charge in [-0.05, 0) is 49.6 Å². The molecule has 1 saturated carbocycles. The summed E-state index contributed by atoms with van der Waals surface area (Å²) in [5, 5.41) is 9.71. The highest BCUT2D eigenvalue weighted by Crippen LogP contribution is 2.35. The monoisotopic (exact) mass is 344 g/mol. The van der Waals surface area contributed by atoms with E-state index in [0.717, 1.165) is 18.4 Å². The van der Waals surface area contributed by atoms with Crippen molar-refractivity contribution in [3.63, 3.8) is 0 Å². The summed E-state index contributed by atoms with van der Waals surface area (Å²) in [5.74, 6) is -1.39. The van der Waals surface area contributed by atoms with Gasteiger partial charge in [-0.1, -0.05) is 29.8 Å². The smallest absolute Gasteiger partial charge is 0.354 e. The lowest BCUT2D eigenvalue weighted by molar-refractivity contribution is 0.0666. The number of carbonyl (C=O) groups is 2. The summed E-state index contributed by atoms with van der Waals surface area (Å²) in [5.41, 5.74) is 1.01. The molecule has 124 valence electrons. The van der Waals surface area contributed by atoms with Crippen molar-refractivity contribution in [3.8, 4) is 0 Å². The first-order chi connectivity index (χ1) is 11.5. The maximum atomic E-state index is 12.9. The van der Waals surface area contributed by atoms with Crippen LogP contribution in [0.5, 0.6) is 0 Å². The van der Waals surface area contributed by atoms with Crippen molar-refractivity contribution in [2.75, 3.05) is 0 Å². The second-order valence-corrected chi connectivity index (χ2v) is 6.32. The fourth-order valence-electron chi connectivity index (χ4n) is 2.72. The number of hydrogen-bond donors (Lipinski definition) is 1. The van der Waals surface area contributed by atoms with Crippen LogP contribution in [0.25, 0.3) is 0 Å². The first-order valence-electron chi connectivity index (χ1n) is 7.76. The van der Waals surface area contributed by atoms with Crippen LogP contribution in [0.3, 0.4) is 0 Å². The van der Waals surface area contributed by atoms with Crippen LogP contribution in [0.1, 0.15) is 52.3 Å². The number of halogens is 1. The number of carboxylic acids is 1. The summed E-state index contributed by atoms with van der Waals surface area (Å²) in [4.78, 5) is 29.8. The van der Waals surface area contributed by atoms with Gasteiger partial charge in [0, 0.05) is 11.1 Å². The number of carboxylic acid groups (broad SMARTS) is 1. The van der Waals surface area contributed by atoms with Gasteiger partial charge >= 0.3 is 5.97 Å². The Morgan fingerprint density at radius 1 is 1.17 bits per heavy atom. The van der Waals surface area contributed by atoms with E-state index < -0.39 is 5.97 Å². The van der Waals surface area contributed by atoms with Gasteiger partial charge in [-0.2, -0.15) is 0 Å². The van der Waals surface area contributed by atoms with Gasteiger partial charge in [-0.15, -0.1) is 0 Å². The summed E-state index contributed by atoms with van der Waals surface area (Å²) in [6.07, 6.45) is 1.89. The van der Waals surface area contributed by atoms with E-state index in [1.165, 1.54) is 6.07 Å². The number of amides is 1. The number of pyridine rings is 1. The molecule has 1 atom stereocenters. The Bertz CT molecular complexity index is 772. The number of aromatic nitrogens is 1. The van der Waals surface area contributed by atoms with E-state index >= 15 is 0 Å². The predicted octanol–water partition coefficient (Wildman–Crippen LogP) is 3.80. The zero-order valence-electron chi connectivity index (χ0n) is 13.1. The third-order valence-electron chi connectivity index (χ3n) is 4.13. The van der Waals surface area contributed by atoms with Gasteiger partial charge in [0.15, 0.2) is 0 Å². The molecule has 1 aliphatic rings. The second kappa shape index (κ2) is 6.61. The number of nitrogens with zero attached hydrogens (tertiary/aromatic N) is 2. The van der Waals surface area contributed by atoms with Crippen molar-refractivity contribution in [3.05, 3.63) is 64.4 Å². The number of benzene rings is 1. The molecule has 0 saturated heterocycles. The molecular weight excluding hydrogens is 328 g/mol. The summed E-state index contributed by atoms with van der Waals surface area (Å²) >= 11 is 5.93. The first kappa shape index (κ1) is 16.5. The van der Waals surface area contributed by atoms with Crippen molar-refractivity contribution < 1.29 is 14.7 Å². The molecule has 1 amide bonds. The zero-order valence-corrected chi connectivity index (χ0v) is 13.9. The Hall–Kier alpha value is -2.40. The molecule has 1 heterocycles. The minimum Gasteiger partial charge on any atom is -0.477 e. The lowest BCUT2D eigenvalue weighted by Gasteiger charge is -2.29. The second-order valence-electron chi connectivity index (χ2n) is 5.88. The van der Waals surface area contributed by atoms with Gasteiger partial charge in [0.05, 0.1) is 6.04 Å². The molecule has 1 aromatic heterocycles. The van der Waals surface area contributed by atoms with Crippen LogP contribution in [0.15, 0.2) is 42.5 Å². The van der Waals surface area contributed by atoms with E-state index in [0.29, 0.717) is 5.02 Å². The molecule has 1 fully saturated rings. The molecule has 24 heavy (non-hydrogen) atoms. The maximum Gasteiger partial charge on any atom is 0.354 e. The molecule has 1 unspecified atom stereocenters. The Morgan fingerprint density at radius 3 is 2.38 bits per heavy atom. The van der Waals surface area contributed by atoms with Crippen LogP contribution in [0.4, 0.5) is 0 Å². The van der Waals surface area contributed by atoms with Crippen LogP contribution >= 0.6 is 11.6 Å². The molecule has 0 spiro atoms. The van der Waals surface area contributed by atoms with Gasteiger partial charge in [-0.25, -0.2) is 9.78 Å². The highest BCUT2D eigenvalue weighted by atomic mass is 35.5. The average molecular weight is 345 g/mol. The topological polar surface area (TPSA) is 70.5 Å². The molecule has 0 radical (unpaired) electrons. The molecular formula is C18H17ClN2O3. The van der Waals surface area contributed by atoms with Crippen LogP contribution in [0.2, 0.25) is 5.02 Å². The van der Waals surface area contributed by atoms with Crippen LogP contribution < -0.4 is 0 Å². The fraction of sp³-hybridized carbons (Fsp3) is 0.278. The maximum absolute atomic E-state index is 12.9. The third-order valence-corrected chi connectivity index (χ3v) is 4.38. The number of rotatable bonds is 5. The van der Waals surface area contributed by atoms with Crippen molar-refractivity contribution in [2.45, 2.75) is 31.8 Å². The fourth-order valence-corrected chi connectivity index (χ4v) is 2.84. The van der Waals surface area contributed by atoms with E-state index in [-0.39, 0.29) is 29.4 Å². The minimum atomic E-state index is -1.15. The van der Waals surface area contributed by atoms with E-state index in [9.17, 15) is 9.59 Å². The summed E-state index contributed by atoms with van der Waals surface area (Å²) in [7, 11) is 0. The minimum absolute atomic E-state index is 0.129. The average Bonchev–Trinajstić information content (AvgIpc) is 3.40. The highest BCUT2D eigenvalue weighted by molar-refractivity contribution is 6.30. The zero-order chi connectivity index (χ0) is 17.3. The van der Waals surface area contributed by atoms with E-state index in [4.69, 9.17) is 16.7 Å². The van der Waals surface area contributed by atoms with Gasteiger partial charge < -0.3 is 10.0 Å². The number of hydrogen-bond acceptors (Lipinski definition) is 3. The molecule has 0 bridgehead atoms. The van der Waals surface area contributed by atoms with Gasteiger partial charge in [0.1, 0.15) is 11.4 Å². The van der Waals surface area contributed by atoms with E-state index in [2.05, 4.69) is 4.98 Å². The number of aromatic carboxylic acids is 1. The highest BCUT2D eigenvalue weighted by Gasteiger charge is 2.37. The lowest BCUT2D eigenvalue weighted by Crippen LogP contribution is -2.36. The summed E-state index contributed by atoms with van der Waals surface area (Å²) in [6, 6.07) is 11.9. The normalized spacial score (nSPS) is 14.9. The molecule has 5 nitrogen and oxygen atoms in total. The quantitative estimate of drug-likeness (QED) is 0.895. The molecule has 6 heteroatoms. The molecule has 1 N–H and O–H groups in total. The van der Waals surface area contributed by atoms with Crippen molar-refractivity contribution in [1.82, 2.24) is 9.88 Å². The number of carbonyl (C=O) groups excluding carboxylic acids is 1. The predicted molar refractivity (Wildman–Crippen MR) is 90.3 cm³/mol. The van der Waals surface area contributed by atoms with Crippen molar-refractivity contribution in [1.29, 1.82) is 0 Å². The Kier molecular flexibility index (Phi) is 4.53. The largest absolute Gasteiger partial charge is 0.477 e. The molecule has 2 aromatic rings. The lowest BCUT2D eigenvalue weighted by atomic mass is 10.1. The molecule has 1 aromatic carbocycles. The SMILES string of the molecule is CC(c1ccc(Cl)cc1)N(C(=O)c1cccc(C(=O)O)n1)C1CC1. The Morgan fingerprint density at radius 2 is 1.79 bits per heavy atom. The van der Waals surface area contributed by atoms with Crippen molar-refractivity contribution in [2.24, 2.45) is 0 Å². The van der Waals surface area contributed by atoms with Gasteiger partial charge in [0.2, 0.25) is 0 Å². The molecule has 3 rings (SSSR count). The van der Waals surface area contributed by atoms with Crippen LogP contribution in [0, 0.1) is 0 Å². The molecule has 1 aliphatic carbocycles. The molecule has 0 aliphatic heterocycles. The van der Waals surface area contributed by atoms with Gasteiger partial charge in [0.25, 0.3) is 5.91 Å². The Balaban J connectivity index is 1.90. The summed E-state index contributed by atoms with van der Waals surface area (Å²) < 4.78 is 0. The van der Waals surface area contributed by atoms with E-state index in [1.54, 1.807) is 29.2 Å². The first-order valence-corrected chi connectivity index (χ1v) is 8.13. The van der Waals surface area contributed by atoms with Crippen molar-refractivity contribution >= 4 is 23.5 Å². The standard InChI is InChI=1S/C18H17ClN2O3/c1-11(12-5-7-13(19)8-6-12)21(14-9-10-14)17(22)15-3-2-4-16(20-15)18(23)24/h2-8,11,14H,9-10H2,1H3,(H,23,24). The summed E-state index contributed by atoms with van der Waals surface area (Å²) in [6.45, 7) is 1.96. The van der Waals surface area contributed by atoms with E-state index in [1.807, 2.05) is 19.1 Å². The third kappa shape index (κ3) is 3.41. The van der Waals surface area contributed by atoms with Crippen LogP contribution in [-0.2, 0) is 0 Å². The van der Waals surface area contributed by atoms with Gasteiger partial charge in [-0.3, -0.25) is 4.79 Å².